The molecule has 0 saturated carbocycles. The maximum atomic E-state index is 10.1. The number of hydrogen-bond acceptors (Lipinski definition) is 6. The van der Waals surface area contributed by atoms with E-state index >= 15 is 0 Å². The van der Waals surface area contributed by atoms with Crippen LogP contribution in [0.5, 0.6) is 0 Å². The first-order valence-corrected chi connectivity index (χ1v) is 3.93. The fraction of sp³-hybridized carbons (Fsp3) is 0. The minimum absolute atomic E-state index is 0. The molecule has 0 bridgehead atoms. The van der Waals surface area contributed by atoms with Crippen molar-refractivity contribution in [2.24, 2.45) is 0 Å². The Labute approximate surface area is 103 Å². The van der Waals surface area contributed by atoms with Crippen LogP contribution in [0.15, 0.2) is 0 Å². The van der Waals surface area contributed by atoms with E-state index in [9.17, 15) is 7.77 Å². The van der Waals surface area contributed by atoms with Gasteiger partial charge in [-0.3, -0.25) is 0 Å². The van der Waals surface area contributed by atoms with Crippen LogP contribution in [0, 0.1) is 49.4 Å². The summed E-state index contributed by atoms with van der Waals surface area (Å²) in [6.45, 7) is 0. The SMILES string of the molecule is O=S(=O)([O-])F.O=S(=O)([O-])F.[Eu+2]. The third-order valence-corrected chi connectivity index (χ3v) is 0. The van der Waals surface area contributed by atoms with E-state index in [4.69, 9.17) is 25.9 Å². The summed E-state index contributed by atoms with van der Waals surface area (Å²) in [5.74, 6) is 0. The van der Waals surface area contributed by atoms with Gasteiger partial charge in [0.05, 0.1) is 0 Å². The van der Waals surface area contributed by atoms with Crippen LogP contribution < -0.4 is 0 Å². The van der Waals surface area contributed by atoms with Gasteiger partial charge in [0.25, 0.3) is 21.0 Å². The zero-order valence-corrected chi connectivity index (χ0v) is 8.46. The topological polar surface area (TPSA) is 114 Å². The van der Waals surface area contributed by atoms with Gasteiger partial charge in [-0.05, 0) is 0 Å². The number of halogens is 2. The Morgan fingerprint density at radius 1 is 0.818 bits per heavy atom. The Morgan fingerprint density at radius 3 is 0.818 bits per heavy atom. The Morgan fingerprint density at radius 2 is 0.818 bits per heavy atom. The molecule has 0 aromatic carbocycles. The normalized spacial score (nSPS) is 10.5. The molecule has 0 aromatic heterocycles. The minimum atomic E-state index is -5.42. The van der Waals surface area contributed by atoms with E-state index < -0.39 is 21.0 Å². The summed E-state index contributed by atoms with van der Waals surface area (Å²) in [6.07, 6.45) is 0. The van der Waals surface area contributed by atoms with E-state index in [2.05, 4.69) is 0 Å². The van der Waals surface area contributed by atoms with Crippen molar-refractivity contribution >= 4 is 21.0 Å². The van der Waals surface area contributed by atoms with E-state index in [-0.39, 0.29) is 49.4 Å². The molecule has 0 aliphatic heterocycles. The zero-order valence-electron chi connectivity index (χ0n) is 4.40. The molecule has 6 nitrogen and oxygen atoms in total. The molecule has 69 valence electrons. The molecule has 0 spiro atoms. The molecule has 11 heteroatoms. The molecule has 1 radical (unpaired) electrons. The van der Waals surface area contributed by atoms with Crippen LogP contribution in [-0.4, -0.2) is 25.9 Å². The molecule has 0 aliphatic rings. The van der Waals surface area contributed by atoms with Gasteiger partial charge in [0.1, 0.15) is 0 Å². The van der Waals surface area contributed by atoms with Gasteiger partial charge in [0.15, 0.2) is 0 Å². The van der Waals surface area contributed by atoms with Crippen molar-refractivity contribution in [3.8, 4) is 0 Å². The number of rotatable bonds is 0. The smallest absolute Gasteiger partial charge is 0.722 e. The van der Waals surface area contributed by atoms with Crippen LogP contribution in [0.3, 0.4) is 0 Å². The average molecular weight is 350 g/mol. The molecule has 0 heterocycles. The summed E-state index contributed by atoms with van der Waals surface area (Å²) in [7, 11) is -10.8. The molecule has 0 N–H and O–H groups in total. The predicted octanol–water partition coefficient (Wildman–Crippen LogP) is -1.17. The van der Waals surface area contributed by atoms with Crippen molar-refractivity contribution in [1.29, 1.82) is 0 Å². The molecule has 11 heavy (non-hydrogen) atoms. The van der Waals surface area contributed by atoms with Crippen molar-refractivity contribution in [3.05, 3.63) is 0 Å². The van der Waals surface area contributed by atoms with Gasteiger partial charge in [-0.15, -0.1) is 7.77 Å². The summed E-state index contributed by atoms with van der Waals surface area (Å²) in [4.78, 5) is 0. The van der Waals surface area contributed by atoms with Crippen LogP contribution in [0.2, 0.25) is 0 Å². The third kappa shape index (κ3) is 605. The summed E-state index contributed by atoms with van der Waals surface area (Å²) < 4.78 is 70.7. The minimum Gasteiger partial charge on any atom is -0.722 e. The second kappa shape index (κ2) is 6.75. The Kier molecular flexibility index (Phi) is 11.1. The Balaban J connectivity index is -0.000000107. The van der Waals surface area contributed by atoms with E-state index in [1.165, 1.54) is 0 Å². The van der Waals surface area contributed by atoms with E-state index in [1.807, 2.05) is 0 Å². The first-order valence-electron chi connectivity index (χ1n) is 1.31. The van der Waals surface area contributed by atoms with Gasteiger partial charge in [-0.2, -0.15) is 0 Å². The van der Waals surface area contributed by atoms with E-state index in [0.29, 0.717) is 0 Å². The second-order valence-corrected chi connectivity index (χ2v) is 2.36. The van der Waals surface area contributed by atoms with Gasteiger partial charge in [0, 0.05) is 0 Å². The molecule has 0 unspecified atom stereocenters. The summed E-state index contributed by atoms with van der Waals surface area (Å²) in [6, 6.07) is 0. The Hall–Kier alpha value is 1.26. The van der Waals surface area contributed by atoms with Crippen LogP contribution in [-0.2, 0) is 21.0 Å². The van der Waals surface area contributed by atoms with Crippen molar-refractivity contribution < 1.29 is 83.1 Å². The van der Waals surface area contributed by atoms with Crippen molar-refractivity contribution in [1.82, 2.24) is 0 Å². The molecular weight excluding hydrogens is 350 g/mol. The van der Waals surface area contributed by atoms with Gasteiger partial charge < -0.3 is 9.11 Å². The molecule has 0 fully saturated rings. The maximum Gasteiger partial charge on any atom is 2.00 e. The molecule has 0 saturated heterocycles. The molecule has 0 atom stereocenters. The molecule has 0 rings (SSSR count). The Bertz CT molecular complexity index is 215. The fourth-order valence-electron chi connectivity index (χ4n) is 0. The first-order chi connectivity index (χ1) is 4.00. The van der Waals surface area contributed by atoms with Gasteiger partial charge in [-0.25, -0.2) is 16.8 Å². The zero-order chi connectivity index (χ0) is 9.00. The maximum absolute atomic E-state index is 10.1. The molecule has 0 amide bonds. The average Bonchev–Trinajstić information content (AvgIpc) is 1.12. The monoisotopic (exact) mass is 351 g/mol. The second-order valence-electron chi connectivity index (χ2n) is 0.786. The van der Waals surface area contributed by atoms with Gasteiger partial charge in [0.2, 0.25) is 0 Å². The van der Waals surface area contributed by atoms with Crippen molar-refractivity contribution in [2.45, 2.75) is 0 Å². The largest absolute Gasteiger partial charge is 2.00 e. The van der Waals surface area contributed by atoms with Crippen LogP contribution >= 0.6 is 0 Å². The van der Waals surface area contributed by atoms with Crippen LogP contribution in [0.25, 0.3) is 0 Å². The van der Waals surface area contributed by atoms with Crippen molar-refractivity contribution in [2.75, 3.05) is 0 Å². The summed E-state index contributed by atoms with van der Waals surface area (Å²) >= 11 is 0. The molecule has 0 aromatic rings. The quantitative estimate of drug-likeness (QED) is 0.402. The molecule has 0 aliphatic carbocycles. The van der Waals surface area contributed by atoms with E-state index in [1.54, 1.807) is 0 Å². The van der Waals surface area contributed by atoms with Gasteiger partial charge >= 0.3 is 49.4 Å². The first kappa shape index (κ1) is 18.1. The molecular formula is EuF2O6S2. The predicted molar refractivity (Wildman–Crippen MR) is 21.6 cm³/mol. The fourth-order valence-corrected chi connectivity index (χ4v) is 0. The standard InChI is InChI=1S/Eu.2FHO3S/c;2*1-5(2,3)4/h;2*(H,2,3,4)/q+2;;/p-2. The van der Waals surface area contributed by atoms with Gasteiger partial charge in [-0.1, -0.05) is 0 Å². The third-order valence-electron chi connectivity index (χ3n) is 0. The summed E-state index contributed by atoms with van der Waals surface area (Å²) in [5, 5.41) is 0. The van der Waals surface area contributed by atoms with Crippen LogP contribution in [0.4, 0.5) is 7.77 Å². The van der Waals surface area contributed by atoms with E-state index in [0.717, 1.165) is 0 Å². The van der Waals surface area contributed by atoms with Crippen LogP contribution in [0.1, 0.15) is 0 Å². The number of hydrogen-bond donors (Lipinski definition) is 0. The van der Waals surface area contributed by atoms with Crippen molar-refractivity contribution in [3.63, 3.8) is 0 Å². The summed E-state index contributed by atoms with van der Waals surface area (Å²) in [5.41, 5.74) is 0.